The summed E-state index contributed by atoms with van der Waals surface area (Å²) < 4.78 is 0. The molecule has 0 bridgehead atoms. The van der Waals surface area contributed by atoms with Crippen molar-refractivity contribution in [3.63, 3.8) is 0 Å². The minimum Gasteiger partial charge on any atom is -0.355 e. The first-order valence-corrected chi connectivity index (χ1v) is 5.41. The van der Waals surface area contributed by atoms with Gasteiger partial charge in [0.2, 0.25) is 0 Å². The Labute approximate surface area is 90.4 Å². The van der Waals surface area contributed by atoms with Gasteiger partial charge in [-0.1, -0.05) is 6.92 Å². The number of nitrogens with zero attached hydrogens (tertiary/aromatic N) is 3. The molecule has 0 aliphatic carbocycles. The second kappa shape index (κ2) is 4.31. The van der Waals surface area contributed by atoms with Crippen molar-refractivity contribution in [2.45, 2.75) is 19.8 Å². The standard InChI is InChI=1S/C12H15N3/c1-10-4-3-7-15(9-10)12-11(8-13)5-2-6-14-12/h2,5-6,10H,3-4,7,9H2,1H3/t10-/m0/s1. The van der Waals surface area contributed by atoms with Crippen LogP contribution in [-0.4, -0.2) is 18.1 Å². The zero-order valence-corrected chi connectivity index (χ0v) is 8.98. The van der Waals surface area contributed by atoms with Crippen LogP contribution in [0.1, 0.15) is 25.3 Å². The van der Waals surface area contributed by atoms with E-state index >= 15 is 0 Å². The molecule has 1 atom stereocenters. The van der Waals surface area contributed by atoms with Gasteiger partial charge in [-0.3, -0.25) is 0 Å². The first kappa shape index (κ1) is 9.97. The summed E-state index contributed by atoms with van der Waals surface area (Å²) in [4.78, 5) is 6.54. The first-order valence-electron chi connectivity index (χ1n) is 5.41. The van der Waals surface area contributed by atoms with Gasteiger partial charge in [-0.15, -0.1) is 0 Å². The topological polar surface area (TPSA) is 39.9 Å². The van der Waals surface area contributed by atoms with Gasteiger partial charge in [0.25, 0.3) is 0 Å². The summed E-state index contributed by atoms with van der Waals surface area (Å²) in [6.45, 7) is 4.29. The average molecular weight is 201 g/mol. The molecule has 1 saturated heterocycles. The first-order chi connectivity index (χ1) is 7.31. The number of hydrogen-bond donors (Lipinski definition) is 0. The van der Waals surface area contributed by atoms with Crippen molar-refractivity contribution in [2.75, 3.05) is 18.0 Å². The number of nitriles is 1. The van der Waals surface area contributed by atoms with Crippen molar-refractivity contribution in [3.8, 4) is 6.07 Å². The molecule has 78 valence electrons. The molecule has 1 fully saturated rings. The fourth-order valence-corrected chi connectivity index (χ4v) is 2.12. The zero-order chi connectivity index (χ0) is 10.7. The summed E-state index contributed by atoms with van der Waals surface area (Å²) in [5, 5.41) is 9.00. The number of anilines is 1. The lowest BCUT2D eigenvalue weighted by Gasteiger charge is -2.32. The molecule has 2 heterocycles. The van der Waals surface area contributed by atoms with E-state index in [1.807, 2.05) is 12.1 Å². The largest absolute Gasteiger partial charge is 0.355 e. The van der Waals surface area contributed by atoms with Crippen LogP contribution in [0.5, 0.6) is 0 Å². The van der Waals surface area contributed by atoms with E-state index in [4.69, 9.17) is 5.26 Å². The van der Waals surface area contributed by atoms with Crippen LogP contribution in [0.15, 0.2) is 18.3 Å². The summed E-state index contributed by atoms with van der Waals surface area (Å²) in [6, 6.07) is 5.85. The van der Waals surface area contributed by atoms with E-state index in [-0.39, 0.29) is 0 Å². The average Bonchev–Trinajstić information content (AvgIpc) is 2.29. The van der Waals surface area contributed by atoms with Crippen molar-refractivity contribution in [1.29, 1.82) is 5.26 Å². The molecule has 1 aliphatic rings. The highest BCUT2D eigenvalue weighted by atomic mass is 15.2. The fourth-order valence-electron chi connectivity index (χ4n) is 2.12. The SMILES string of the molecule is C[C@H]1CCCN(c2ncccc2C#N)C1. The van der Waals surface area contributed by atoms with Crippen LogP contribution in [0, 0.1) is 17.2 Å². The van der Waals surface area contributed by atoms with E-state index < -0.39 is 0 Å². The maximum atomic E-state index is 9.00. The molecule has 0 radical (unpaired) electrons. The fraction of sp³-hybridized carbons (Fsp3) is 0.500. The highest BCUT2D eigenvalue weighted by Crippen LogP contribution is 2.23. The maximum Gasteiger partial charge on any atom is 0.146 e. The van der Waals surface area contributed by atoms with Crippen LogP contribution in [0.2, 0.25) is 0 Å². The Morgan fingerprint density at radius 1 is 1.60 bits per heavy atom. The molecule has 0 amide bonds. The Morgan fingerprint density at radius 2 is 2.47 bits per heavy atom. The summed E-state index contributed by atoms with van der Waals surface area (Å²) in [5.74, 6) is 1.55. The summed E-state index contributed by atoms with van der Waals surface area (Å²) in [7, 11) is 0. The van der Waals surface area contributed by atoms with E-state index in [1.54, 1.807) is 6.20 Å². The number of pyridine rings is 1. The van der Waals surface area contributed by atoms with Gasteiger partial charge >= 0.3 is 0 Å². The monoisotopic (exact) mass is 201 g/mol. The van der Waals surface area contributed by atoms with Gasteiger partial charge in [0.15, 0.2) is 0 Å². The Balaban J connectivity index is 2.25. The molecule has 0 saturated carbocycles. The van der Waals surface area contributed by atoms with Crippen molar-refractivity contribution < 1.29 is 0 Å². The Hall–Kier alpha value is -1.56. The lowest BCUT2D eigenvalue weighted by Crippen LogP contribution is -2.35. The number of rotatable bonds is 1. The second-order valence-corrected chi connectivity index (χ2v) is 4.18. The van der Waals surface area contributed by atoms with Crippen molar-refractivity contribution in [2.24, 2.45) is 5.92 Å². The van der Waals surface area contributed by atoms with Crippen LogP contribution < -0.4 is 4.90 Å². The molecule has 1 aromatic rings. The maximum absolute atomic E-state index is 9.00. The van der Waals surface area contributed by atoms with Crippen molar-refractivity contribution >= 4 is 5.82 Å². The molecule has 3 heteroatoms. The molecule has 0 spiro atoms. The number of hydrogen-bond acceptors (Lipinski definition) is 3. The van der Waals surface area contributed by atoms with Gasteiger partial charge in [0, 0.05) is 19.3 Å². The summed E-state index contributed by atoms with van der Waals surface area (Å²) >= 11 is 0. The minimum absolute atomic E-state index is 0.687. The van der Waals surface area contributed by atoms with E-state index in [1.165, 1.54) is 12.8 Å². The molecule has 1 aromatic heterocycles. The van der Waals surface area contributed by atoms with Gasteiger partial charge in [-0.2, -0.15) is 5.26 Å². The van der Waals surface area contributed by atoms with Crippen LogP contribution in [0.3, 0.4) is 0 Å². The Bertz CT molecular complexity index is 381. The smallest absolute Gasteiger partial charge is 0.146 e. The summed E-state index contributed by atoms with van der Waals surface area (Å²) in [5.41, 5.74) is 0.687. The minimum atomic E-state index is 0.687. The normalized spacial score (nSPS) is 21.1. The number of piperidine rings is 1. The third-order valence-corrected chi connectivity index (χ3v) is 2.86. The summed E-state index contributed by atoms with van der Waals surface area (Å²) in [6.07, 6.45) is 4.24. The van der Waals surface area contributed by atoms with Gasteiger partial charge in [-0.25, -0.2) is 4.98 Å². The third kappa shape index (κ3) is 2.10. The van der Waals surface area contributed by atoms with E-state index in [0.717, 1.165) is 18.9 Å². The van der Waals surface area contributed by atoms with E-state index in [9.17, 15) is 0 Å². The zero-order valence-electron chi connectivity index (χ0n) is 8.98. The molecule has 3 nitrogen and oxygen atoms in total. The Kier molecular flexibility index (Phi) is 2.86. The highest BCUT2D eigenvalue weighted by Gasteiger charge is 2.19. The molecule has 2 rings (SSSR count). The van der Waals surface area contributed by atoms with Crippen molar-refractivity contribution in [1.82, 2.24) is 4.98 Å². The van der Waals surface area contributed by atoms with Crippen LogP contribution in [0.25, 0.3) is 0 Å². The van der Waals surface area contributed by atoms with Crippen LogP contribution in [-0.2, 0) is 0 Å². The van der Waals surface area contributed by atoms with Gasteiger partial charge in [0.1, 0.15) is 11.9 Å². The predicted molar refractivity (Wildman–Crippen MR) is 59.6 cm³/mol. The van der Waals surface area contributed by atoms with Crippen LogP contribution in [0.4, 0.5) is 5.82 Å². The molecule has 0 aromatic carbocycles. The molecule has 0 unspecified atom stereocenters. The Morgan fingerprint density at radius 3 is 3.20 bits per heavy atom. The van der Waals surface area contributed by atoms with Gasteiger partial charge < -0.3 is 4.90 Å². The lowest BCUT2D eigenvalue weighted by atomic mass is 10.00. The molecule has 1 aliphatic heterocycles. The number of aromatic nitrogens is 1. The molecule has 15 heavy (non-hydrogen) atoms. The van der Waals surface area contributed by atoms with Gasteiger partial charge in [0.05, 0.1) is 5.56 Å². The van der Waals surface area contributed by atoms with Crippen LogP contribution >= 0.6 is 0 Å². The second-order valence-electron chi connectivity index (χ2n) is 4.18. The quantitative estimate of drug-likeness (QED) is 0.699. The van der Waals surface area contributed by atoms with Gasteiger partial charge in [-0.05, 0) is 30.9 Å². The predicted octanol–water partition coefficient (Wildman–Crippen LogP) is 2.19. The molecular weight excluding hydrogens is 186 g/mol. The molecule has 0 N–H and O–H groups in total. The van der Waals surface area contributed by atoms with E-state index in [0.29, 0.717) is 11.5 Å². The third-order valence-electron chi connectivity index (χ3n) is 2.86. The van der Waals surface area contributed by atoms with E-state index in [2.05, 4.69) is 22.9 Å². The highest BCUT2D eigenvalue weighted by molar-refractivity contribution is 5.53. The molecular formula is C12H15N3. The van der Waals surface area contributed by atoms with Crippen molar-refractivity contribution in [3.05, 3.63) is 23.9 Å². The lowest BCUT2D eigenvalue weighted by molar-refractivity contribution is 0.444.